The summed E-state index contributed by atoms with van der Waals surface area (Å²) in [5.74, 6) is 0.710. The number of unbranched alkanes of at least 4 members (excludes halogenated alkanes) is 10. The Balaban J connectivity index is 1.62. The lowest BCUT2D eigenvalue weighted by Gasteiger charge is -2.12. The number of benzene rings is 2. The zero-order chi connectivity index (χ0) is 28.8. The first-order chi connectivity index (χ1) is 19.5. The van der Waals surface area contributed by atoms with E-state index in [9.17, 15) is 9.59 Å². The van der Waals surface area contributed by atoms with Crippen molar-refractivity contribution in [3.05, 3.63) is 58.6 Å². The summed E-state index contributed by atoms with van der Waals surface area (Å²) in [7, 11) is 0. The van der Waals surface area contributed by atoms with Crippen LogP contribution in [0, 0.1) is 0 Å². The van der Waals surface area contributed by atoms with E-state index in [-0.39, 0.29) is 18.4 Å². The molecule has 0 aliphatic carbocycles. The van der Waals surface area contributed by atoms with Gasteiger partial charge in [0.25, 0.3) is 5.91 Å². The van der Waals surface area contributed by atoms with Crippen molar-refractivity contribution in [2.24, 2.45) is 5.10 Å². The number of nitrogens with zero attached hydrogens (tertiary/aromatic N) is 1. The largest absolute Gasteiger partial charge is 0.490 e. The SMILES string of the molecule is CCCCCCCCCCCCCC(=O)NCC(=O)NN=Cc1ccc(OCc2ccc(Cl)cc2)c(OCC)c1. The second-order valence-corrected chi connectivity index (χ2v) is 10.3. The van der Waals surface area contributed by atoms with Crippen LogP contribution < -0.4 is 20.2 Å². The van der Waals surface area contributed by atoms with Crippen LogP contribution in [0.2, 0.25) is 5.02 Å². The highest BCUT2D eigenvalue weighted by Gasteiger charge is 2.08. The standard InChI is InChI=1S/C32H46ClN3O4/c1-3-5-6-7-8-9-10-11-12-13-14-15-31(37)34-24-32(38)36-35-23-27-18-21-29(30(22-27)39-4-2)40-25-26-16-19-28(33)20-17-26/h16-23H,3-15,24-25H2,1-2H3,(H,34,37)(H,36,38). The monoisotopic (exact) mass is 571 g/mol. The molecule has 0 bridgehead atoms. The average Bonchev–Trinajstić information content (AvgIpc) is 2.95. The van der Waals surface area contributed by atoms with Crippen LogP contribution in [0.15, 0.2) is 47.6 Å². The van der Waals surface area contributed by atoms with Crippen LogP contribution in [0.5, 0.6) is 11.5 Å². The summed E-state index contributed by atoms with van der Waals surface area (Å²) in [6.07, 6.45) is 15.6. The molecule has 0 fully saturated rings. The van der Waals surface area contributed by atoms with Gasteiger partial charge in [0.05, 0.1) is 19.4 Å². The van der Waals surface area contributed by atoms with Gasteiger partial charge in [0.15, 0.2) is 11.5 Å². The quantitative estimate of drug-likeness (QED) is 0.0917. The molecule has 0 saturated heterocycles. The molecule has 0 saturated carbocycles. The lowest BCUT2D eigenvalue weighted by Crippen LogP contribution is -2.34. The Kier molecular flexibility index (Phi) is 17.2. The Labute approximate surface area is 245 Å². The molecule has 0 aliphatic heterocycles. The number of amides is 2. The maximum absolute atomic E-state index is 12.1. The van der Waals surface area contributed by atoms with Gasteiger partial charge in [0.2, 0.25) is 5.91 Å². The number of hydrazone groups is 1. The fourth-order valence-corrected chi connectivity index (χ4v) is 4.30. The van der Waals surface area contributed by atoms with E-state index in [4.69, 9.17) is 21.1 Å². The third-order valence-electron chi connectivity index (χ3n) is 6.43. The van der Waals surface area contributed by atoms with E-state index >= 15 is 0 Å². The lowest BCUT2D eigenvalue weighted by molar-refractivity contribution is -0.126. The van der Waals surface area contributed by atoms with E-state index in [2.05, 4.69) is 22.8 Å². The van der Waals surface area contributed by atoms with Gasteiger partial charge in [-0.2, -0.15) is 5.10 Å². The van der Waals surface area contributed by atoms with Crippen LogP contribution >= 0.6 is 11.6 Å². The van der Waals surface area contributed by atoms with Crippen LogP contribution in [-0.4, -0.2) is 31.2 Å². The van der Waals surface area contributed by atoms with Gasteiger partial charge < -0.3 is 14.8 Å². The minimum Gasteiger partial charge on any atom is -0.490 e. The van der Waals surface area contributed by atoms with Crippen molar-refractivity contribution in [2.45, 2.75) is 97.5 Å². The molecule has 2 rings (SSSR count). The molecule has 0 spiro atoms. The van der Waals surface area contributed by atoms with Gasteiger partial charge >= 0.3 is 0 Å². The van der Waals surface area contributed by atoms with Gasteiger partial charge in [-0.05, 0) is 54.8 Å². The van der Waals surface area contributed by atoms with Gasteiger partial charge in [-0.25, -0.2) is 5.43 Å². The summed E-state index contributed by atoms with van der Waals surface area (Å²) >= 11 is 5.94. The zero-order valence-electron chi connectivity index (χ0n) is 24.2. The number of halogens is 1. The summed E-state index contributed by atoms with van der Waals surface area (Å²) in [4.78, 5) is 24.1. The summed E-state index contributed by atoms with van der Waals surface area (Å²) in [6.45, 7) is 4.90. The molecule has 2 aromatic rings. The predicted octanol–water partition coefficient (Wildman–Crippen LogP) is 7.59. The second-order valence-electron chi connectivity index (χ2n) is 9.91. The van der Waals surface area contributed by atoms with E-state index in [0.29, 0.717) is 36.2 Å². The highest BCUT2D eigenvalue weighted by Crippen LogP contribution is 2.29. The van der Waals surface area contributed by atoms with E-state index in [1.54, 1.807) is 12.1 Å². The van der Waals surface area contributed by atoms with Gasteiger partial charge in [-0.15, -0.1) is 0 Å². The molecular formula is C32H46ClN3O4. The van der Waals surface area contributed by atoms with Crippen molar-refractivity contribution in [2.75, 3.05) is 13.2 Å². The van der Waals surface area contributed by atoms with Gasteiger partial charge in [0, 0.05) is 11.4 Å². The fraction of sp³-hybridized carbons (Fsp3) is 0.531. The van der Waals surface area contributed by atoms with Crippen molar-refractivity contribution in [1.29, 1.82) is 0 Å². The van der Waals surface area contributed by atoms with E-state index < -0.39 is 0 Å². The summed E-state index contributed by atoms with van der Waals surface area (Å²) in [5.41, 5.74) is 4.18. The first-order valence-corrected chi connectivity index (χ1v) is 15.1. The van der Waals surface area contributed by atoms with Crippen molar-refractivity contribution in [3.63, 3.8) is 0 Å². The number of nitrogens with one attached hydrogen (secondary N) is 2. The molecule has 0 aliphatic rings. The molecule has 0 radical (unpaired) electrons. The summed E-state index contributed by atoms with van der Waals surface area (Å²) in [6, 6.07) is 12.9. The molecule has 0 atom stereocenters. The van der Waals surface area contributed by atoms with Gasteiger partial charge in [-0.3, -0.25) is 9.59 Å². The number of rotatable bonds is 21. The Hall–Kier alpha value is -3.06. The van der Waals surface area contributed by atoms with Crippen LogP contribution in [0.1, 0.15) is 102 Å². The van der Waals surface area contributed by atoms with Gasteiger partial charge in [0.1, 0.15) is 6.61 Å². The fourth-order valence-electron chi connectivity index (χ4n) is 4.17. The molecule has 7 nitrogen and oxygen atoms in total. The normalized spacial score (nSPS) is 11.0. The molecule has 0 unspecified atom stereocenters. The molecule has 2 aromatic carbocycles. The first kappa shape index (κ1) is 33.1. The first-order valence-electron chi connectivity index (χ1n) is 14.7. The molecule has 0 heterocycles. The van der Waals surface area contributed by atoms with Crippen molar-refractivity contribution in [3.8, 4) is 11.5 Å². The molecule has 2 amide bonds. The van der Waals surface area contributed by atoms with Crippen LogP contribution in [0.25, 0.3) is 0 Å². The number of carbonyl (C=O) groups is 2. The van der Waals surface area contributed by atoms with Crippen LogP contribution in [0.4, 0.5) is 0 Å². The summed E-state index contributed by atoms with van der Waals surface area (Å²) < 4.78 is 11.6. The van der Waals surface area contributed by atoms with Gasteiger partial charge in [-0.1, -0.05) is 94.9 Å². The molecule has 8 heteroatoms. The molecular weight excluding hydrogens is 526 g/mol. The Morgan fingerprint density at radius 2 is 1.45 bits per heavy atom. The third-order valence-corrected chi connectivity index (χ3v) is 6.68. The summed E-state index contributed by atoms with van der Waals surface area (Å²) in [5, 5.41) is 7.34. The Morgan fingerprint density at radius 1 is 0.800 bits per heavy atom. The maximum Gasteiger partial charge on any atom is 0.259 e. The third kappa shape index (κ3) is 14.9. The molecule has 40 heavy (non-hydrogen) atoms. The zero-order valence-corrected chi connectivity index (χ0v) is 24.9. The topological polar surface area (TPSA) is 89.0 Å². The Morgan fingerprint density at radius 3 is 2.10 bits per heavy atom. The number of hydrogen-bond donors (Lipinski definition) is 2. The maximum atomic E-state index is 12.1. The van der Waals surface area contributed by atoms with Crippen molar-refractivity contribution >= 4 is 29.6 Å². The Bertz CT molecular complexity index is 1030. The lowest BCUT2D eigenvalue weighted by atomic mass is 10.1. The van der Waals surface area contributed by atoms with E-state index in [1.165, 1.54) is 57.6 Å². The minimum atomic E-state index is -0.378. The smallest absolute Gasteiger partial charge is 0.259 e. The van der Waals surface area contributed by atoms with Crippen molar-refractivity contribution < 1.29 is 19.1 Å². The molecule has 0 aromatic heterocycles. The van der Waals surface area contributed by atoms with Crippen LogP contribution in [-0.2, 0) is 16.2 Å². The highest BCUT2D eigenvalue weighted by molar-refractivity contribution is 6.30. The van der Waals surface area contributed by atoms with E-state index in [0.717, 1.165) is 30.4 Å². The minimum absolute atomic E-state index is 0.101. The van der Waals surface area contributed by atoms with Crippen molar-refractivity contribution in [1.82, 2.24) is 10.7 Å². The number of ether oxygens (including phenoxy) is 2. The highest BCUT2D eigenvalue weighted by atomic mass is 35.5. The second kappa shape index (κ2) is 20.8. The number of carbonyl (C=O) groups excluding carboxylic acids is 2. The number of hydrogen-bond acceptors (Lipinski definition) is 5. The molecule has 220 valence electrons. The average molecular weight is 572 g/mol. The molecule has 2 N–H and O–H groups in total. The van der Waals surface area contributed by atoms with Crippen LogP contribution in [0.3, 0.4) is 0 Å². The predicted molar refractivity (Wildman–Crippen MR) is 163 cm³/mol. The van der Waals surface area contributed by atoms with E-state index in [1.807, 2.05) is 37.3 Å².